The standard InChI is InChI=1S/C16H20N4O2/c1-10-8-13(15(21)18-11(10)2)16(22)20-7-3-4-12(9-20)14-5-6-17-19-14/h5-6,8,12H,3-4,7,9H2,1-2H3,(H,17,19)(H,18,21)/t12-/m0/s1. The van der Waals surface area contributed by atoms with Crippen LogP contribution in [0.3, 0.4) is 0 Å². The van der Waals surface area contributed by atoms with E-state index in [1.807, 2.05) is 19.9 Å². The van der Waals surface area contributed by atoms with Crippen LogP contribution in [0, 0.1) is 13.8 Å². The van der Waals surface area contributed by atoms with Gasteiger partial charge in [-0.1, -0.05) is 0 Å². The van der Waals surface area contributed by atoms with Crippen molar-refractivity contribution in [2.24, 2.45) is 0 Å². The molecule has 0 radical (unpaired) electrons. The van der Waals surface area contributed by atoms with E-state index in [9.17, 15) is 9.59 Å². The second-order valence-electron chi connectivity index (χ2n) is 5.92. The van der Waals surface area contributed by atoms with Gasteiger partial charge < -0.3 is 9.88 Å². The number of aryl methyl sites for hydroxylation is 2. The van der Waals surface area contributed by atoms with Crippen molar-refractivity contribution in [2.75, 3.05) is 13.1 Å². The number of H-pyrrole nitrogens is 2. The van der Waals surface area contributed by atoms with Gasteiger partial charge in [0.05, 0.1) is 0 Å². The Hall–Kier alpha value is -2.37. The molecule has 1 aliphatic rings. The van der Waals surface area contributed by atoms with Gasteiger partial charge in [-0.3, -0.25) is 14.7 Å². The molecule has 1 atom stereocenters. The van der Waals surface area contributed by atoms with Crippen LogP contribution in [0.15, 0.2) is 23.1 Å². The third kappa shape index (κ3) is 2.68. The molecule has 1 fully saturated rings. The molecule has 0 saturated carbocycles. The number of carbonyl (C=O) groups is 1. The van der Waals surface area contributed by atoms with Crippen molar-refractivity contribution in [3.63, 3.8) is 0 Å². The number of rotatable bonds is 2. The van der Waals surface area contributed by atoms with Crippen LogP contribution in [-0.4, -0.2) is 39.1 Å². The first kappa shape index (κ1) is 14.6. The minimum atomic E-state index is -0.309. The molecule has 116 valence electrons. The van der Waals surface area contributed by atoms with E-state index in [0.29, 0.717) is 13.1 Å². The van der Waals surface area contributed by atoms with E-state index in [1.54, 1.807) is 17.2 Å². The number of likely N-dealkylation sites (tertiary alicyclic amines) is 1. The molecule has 0 unspecified atom stereocenters. The van der Waals surface area contributed by atoms with Gasteiger partial charge >= 0.3 is 0 Å². The van der Waals surface area contributed by atoms with Crippen LogP contribution < -0.4 is 5.56 Å². The van der Waals surface area contributed by atoms with Gasteiger partial charge in [-0.2, -0.15) is 5.10 Å². The number of nitrogens with one attached hydrogen (secondary N) is 2. The Morgan fingerprint density at radius 3 is 2.95 bits per heavy atom. The molecule has 1 saturated heterocycles. The molecule has 0 aliphatic carbocycles. The minimum absolute atomic E-state index is 0.187. The average molecular weight is 300 g/mol. The quantitative estimate of drug-likeness (QED) is 0.886. The van der Waals surface area contributed by atoms with E-state index in [2.05, 4.69) is 15.2 Å². The zero-order valence-corrected chi connectivity index (χ0v) is 12.8. The molecule has 2 N–H and O–H groups in total. The van der Waals surface area contributed by atoms with Crippen molar-refractivity contribution >= 4 is 5.91 Å². The molecule has 2 aromatic rings. The summed E-state index contributed by atoms with van der Waals surface area (Å²) in [5.41, 5.74) is 2.69. The van der Waals surface area contributed by atoms with Crippen molar-refractivity contribution in [3.8, 4) is 0 Å². The maximum atomic E-state index is 12.7. The summed E-state index contributed by atoms with van der Waals surface area (Å²) in [6.45, 7) is 5.04. The fraction of sp³-hybridized carbons (Fsp3) is 0.438. The van der Waals surface area contributed by atoms with E-state index in [0.717, 1.165) is 29.8 Å². The van der Waals surface area contributed by atoms with Gasteiger partial charge in [0.15, 0.2) is 0 Å². The summed E-state index contributed by atoms with van der Waals surface area (Å²) in [6, 6.07) is 3.64. The van der Waals surface area contributed by atoms with Crippen LogP contribution in [0.4, 0.5) is 0 Å². The highest BCUT2D eigenvalue weighted by atomic mass is 16.2. The Balaban J connectivity index is 1.83. The van der Waals surface area contributed by atoms with Gasteiger partial charge in [0.2, 0.25) is 0 Å². The Morgan fingerprint density at radius 2 is 2.23 bits per heavy atom. The van der Waals surface area contributed by atoms with Gasteiger partial charge in [0, 0.05) is 36.6 Å². The molecule has 1 amide bonds. The molecule has 2 aromatic heterocycles. The third-order valence-electron chi connectivity index (χ3n) is 4.40. The summed E-state index contributed by atoms with van der Waals surface area (Å²) in [6.07, 6.45) is 3.68. The fourth-order valence-electron chi connectivity index (χ4n) is 2.97. The molecule has 1 aliphatic heterocycles. The first-order chi connectivity index (χ1) is 10.6. The number of hydrogen-bond acceptors (Lipinski definition) is 3. The summed E-state index contributed by atoms with van der Waals surface area (Å²) in [7, 11) is 0. The SMILES string of the molecule is Cc1cc(C(=O)N2CCC[C@H](c3ccn[nH]3)C2)c(=O)[nH]c1C. The van der Waals surface area contributed by atoms with E-state index < -0.39 is 0 Å². The predicted octanol–water partition coefficient (Wildman–Crippen LogP) is 1.73. The number of aromatic nitrogens is 3. The second-order valence-corrected chi connectivity index (χ2v) is 5.92. The number of pyridine rings is 1. The molecule has 0 bridgehead atoms. The van der Waals surface area contributed by atoms with Gasteiger partial charge in [-0.15, -0.1) is 0 Å². The van der Waals surface area contributed by atoms with Crippen LogP contribution >= 0.6 is 0 Å². The molecular formula is C16H20N4O2. The fourth-order valence-corrected chi connectivity index (χ4v) is 2.97. The summed E-state index contributed by atoms with van der Waals surface area (Å²) in [4.78, 5) is 29.3. The summed E-state index contributed by atoms with van der Waals surface area (Å²) >= 11 is 0. The molecule has 3 heterocycles. The zero-order valence-electron chi connectivity index (χ0n) is 12.8. The van der Waals surface area contributed by atoms with Crippen LogP contribution in [0.5, 0.6) is 0 Å². The lowest BCUT2D eigenvalue weighted by molar-refractivity contribution is 0.0704. The number of nitrogens with zero attached hydrogens (tertiary/aromatic N) is 2. The monoisotopic (exact) mass is 300 g/mol. The molecule has 0 spiro atoms. The number of aromatic amines is 2. The van der Waals surface area contributed by atoms with Gasteiger partial charge in [-0.25, -0.2) is 0 Å². The highest BCUT2D eigenvalue weighted by Gasteiger charge is 2.27. The average Bonchev–Trinajstić information content (AvgIpc) is 3.05. The molecule has 3 rings (SSSR count). The third-order valence-corrected chi connectivity index (χ3v) is 4.40. The Kier molecular flexibility index (Phi) is 3.83. The molecular weight excluding hydrogens is 280 g/mol. The van der Waals surface area contributed by atoms with E-state index in [4.69, 9.17) is 0 Å². The number of piperidine rings is 1. The van der Waals surface area contributed by atoms with Crippen LogP contribution in [0.2, 0.25) is 0 Å². The highest BCUT2D eigenvalue weighted by molar-refractivity contribution is 5.94. The molecule has 0 aromatic carbocycles. The topological polar surface area (TPSA) is 81.8 Å². The smallest absolute Gasteiger partial charge is 0.261 e. The Bertz CT molecular complexity index is 733. The van der Waals surface area contributed by atoms with Crippen molar-refractivity contribution in [1.82, 2.24) is 20.1 Å². The lowest BCUT2D eigenvalue weighted by Crippen LogP contribution is -2.41. The van der Waals surface area contributed by atoms with Crippen LogP contribution in [0.25, 0.3) is 0 Å². The summed E-state index contributed by atoms with van der Waals surface area (Å²) in [5, 5.41) is 6.96. The number of hydrogen-bond donors (Lipinski definition) is 2. The maximum Gasteiger partial charge on any atom is 0.261 e. The second kappa shape index (κ2) is 5.79. The minimum Gasteiger partial charge on any atom is -0.338 e. The van der Waals surface area contributed by atoms with Crippen molar-refractivity contribution in [1.29, 1.82) is 0 Å². The molecule has 22 heavy (non-hydrogen) atoms. The van der Waals surface area contributed by atoms with Gasteiger partial charge in [0.1, 0.15) is 5.56 Å². The lowest BCUT2D eigenvalue weighted by atomic mass is 9.94. The van der Waals surface area contributed by atoms with E-state index >= 15 is 0 Å². The Morgan fingerprint density at radius 1 is 1.41 bits per heavy atom. The lowest BCUT2D eigenvalue weighted by Gasteiger charge is -2.32. The Labute approximate surface area is 128 Å². The molecule has 6 nitrogen and oxygen atoms in total. The first-order valence-corrected chi connectivity index (χ1v) is 7.55. The predicted molar refractivity (Wildman–Crippen MR) is 83.0 cm³/mol. The van der Waals surface area contributed by atoms with Crippen molar-refractivity contribution < 1.29 is 4.79 Å². The maximum absolute atomic E-state index is 12.7. The first-order valence-electron chi connectivity index (χ1n) is 7.55. The van der Waals surface area contributed by atoms with Gasteiger partial charge in [-0.05, 0) is 44.4 Å². The zero-order chi connectivity index (χ0) is 15.7. The van der Waals surface area contributed by atoms with E-state index in [1.165, 1.54) is 0 Å². The van der Waals surface area contributed by atoms with Crippen LogP contribution in [0.1, 0.15) is 46.1 Å². The van der Waals surface area contributed by atoms with Crippen molar-refractivity contribution in [3.05, 3.63) is 51.2 Å². The number of amides is 1. The van der Waals surface area contributed by atoms with Crippen LogP contribution in [-0.2, 0) is 0 Å². The van der Waals surface area contributed by atoms with E-state index in [-0.39, 0.29) is 22.9 Å². The molecule has 6 heteroatoms. The van der Waals surface area contributed by atoms with Crippen molar-refractivity contribution in [2.45, 2.75) is 32.6 Å². The number of carbonyl (C=O) groups excluding carboxylic acids is 1. The largest absolute Gasteiger partial charge is 0.338 e. The van der Waals surface area contributed by atoms with Gasteiger partial charge in [0.25, 0.3) is 11.5 Å². The highest BCUT2D eigenvalue weighted by Crippen LogP contribution is 2.26. The normalized spacial score (nSPS) is 18.5. The summed E-state index contributed by atoms with van der Waals surface area (Å²) in [5.74, 6) is 0.0689. The summed E-state index contributed by atoms with van der Waals surface area (Å²) < 4.78 is 0.